The van der Waals surface area contributed by atoms with Gasteiger partial charge in [-0.1, -0.05) is 37.3 Å². The number of rotatable bonds is 4. The van der Waals surface area contributed by atoms with Gasteiger partial charge in [0.25, 0.3) is 0 Å². The van der Waals surface area contributed by atoms with E-state index in [2.05, 4.69) is 24.1 Å². The molecule has 4 heteroatoms. The van der Waals surface area contributed by atoms with Crippen LogP contribution < -0.4 is 0 Å². The molecule has 0 aliphatic carbocycles. The van der Waals surface area contributed by atoms with Gasteiger partial charge >= 0.3 is 6.09 Å². The summed E-state index contributed by atoms with van der Waals surface area (Å²) < 4.78 is 5.30. The third-order valence-electron chi connectivity index (χ3n) is 4.34. The van der Waals surface area contributed by atoms with Crippen LogP contribution in [0.25, 0.3) is 0 Å². The van der Waals surface area contributed by atoms with Gasteiger partial charge in [0, 0.05) is 12.6 Å². The monoisotopic (exact) mass is 274 g/mol. The molecular formula is C16H22N2O2. The second-order valence-corrected chi connectivity index (χ2v) is 5.63. The zero-order valence-corrected chi connectivity index (χ0v) is 12.0. The first-order valence-electron chi connectivity index (χ1n) is 7.56. The molecular weight excluding hydrogens is 252 g/mol. The predicted molar refractivity (Wildman–Crippen MR) is 77.1 cm³/mol. The fraction of sp³-hybridized carbons (Fsp3) is 0.562. The third-order valence-corrected chi connectivity index (χ3v) is 4.34. The molecule has 2 aliphatic rings. The number of cyclic esters (lactones) is 1. The molecule has 20 heavy (non-hydrogen) atoms. The summed E-state index contributed by atoms with van der Waals surface area (Å²) in [7, 11) is 0. The van der Waals surface area contributed by atoms with E-state index in [-0.39, 0.29) is 12.1 Å². The number of carbonyl (C=O) groups excluding carboxylic acids is 1. The summed E-state index contributed by atoms with van der Waals surface area (Å²) in [5.41, 5.74) is 1.26. The molecule has 2 aliphatic heterocycles. The van der Waals surface area contributed by atoms with Crippen molar-refractivity contribution >= 4 is 6.09 Å². The summed E-state index contributed by atoms with van der Waals surface area (Å²) in [5.74, 6) is 0. The lowest BCUT2D eigenvalue weighted by Gasteiger charge is -2.34. The number of hydrogen-bond acceptors (Lipinski definition) is 3. The second kappa shape index (κ2) is 5.83. The highest BCUT2D eigenvalue weighted by atomic mass is 16.6. The average Bonchev–Trinajstić information content (AvgIpc) is 3.06. The lowest BCUT2D eigenvalue weighted by atomic mass is 10.1. The van der Waals surface area contributed by atoms with Crippen LogP contribution in [0.15, 0.2) is 30.3 Å². The first kappa shape index (κ1) is 13.4. The Kier molecular flexibility index (Phi) is 3.92. The van der Waals surface area contributed by atoms with E-state index >= 15 is 0 Å². The van der Waals surface area contributed by atoms with Gasteiger partial charge in [-0.15, -0.1) is 0 Å². The standard InChI is InChI=1S/C16H22N2O2/c1-2-14-9-6-10-17(14)18-15(12-20-16(18)19)11-13-7-4-3-5-8-13/h3-5,7-8,14-15H,2,6,9-12H2,1H3. The molecule has 0 N–H and O–H groups in total. The van der Waals surface area contributed by atoms with Crippen molar-refractivity contribution in [1.82, 2.24) is 10.0 Å². The topological polar surface area (TPSA) is 32.8 Å². The molecule has 0 aromatic heterocycles. The van der Waals surface area contributed by atoms with Crippen molar-refractivity contribution in [1.29, 1.82) is 0 Å². The van der Waals surface area contributed by atoms with Crippen molar-refractivity contribution in [2.75, 3.05) is 13.2 Å². The van der Waals surface area contributed by atoms with Crippen LogP contribution in [0.3, 0.4) is 0 Å². The number of hydrogen-bond donors (Lipinski definition) is 0. The van der Waals surface area contributed by atoms with Crippen LogP contribution in [0.4, 0.5) is 4.79 Å². The molecule has 3 rings (SSSR count). The van der Waals surface area contributed by atoms with E-state index in [1.807, 2.05) is 23.2 Å². The van der Waals surface area contributed by atoms with Crippen molar-refractivity contribution in [3.63, 3.8) is 0 Å². The summed E-state index contributed by atoms with van der Waals surface area (Å²) in [6.45, 7) is 3.66. The number of ether oxygens (including phenoxy) is 1. The van der Waals surface area contributed by atoms with Crippen molar-refractivity contribution in [2.45, 2.75) is 44.7 Å². The molecule has 2 unspecified atom stereocenters. The van der Waals surface area contributed by atoms with Crippen LogP contribution in [-0.2, 0) is 11.2 Å². The Hall–Kier alpha value is -1.55. The van der Waals surface area contributed by atoms with Gasteiger partial charge in [0.05, 0.1) is 6.04 Å². The average molecular weight is 274 g/mol. The SMILES string of the molecule is CCC1CCCN1N1C(=O)OCC1Cc1ccccc1. The van der Waals surface area contributed by atoms with Gasteiger partial charge in [0.2, 0.25) is 0 Å². The van der Waals surface area contributed by atoms with E-state index in [0.29, 0.717) is 12.6 Å². The lowest BCUT2D eigenvalue weighted by Crippen LogP contribution is -2.50. The summed E-state index contributed by atoms with van der Waals surface area (Å²) in [6.07, 6.45) is 4.12. The molecule has 0 spiro atoms. The molecule has 0 bridgehead atoms. The zero-order chi connectivity index (χ0) is 13.9. The van der Waals surface area contributed by atoms with Crippen LogP contribution in [-0.4, -0.2) is 41.3 Å². The minimum absolute atomic E-state index is 0.136. The molecule has 2 atom stereocenters. The van der Waals surface area contributed by atoms with Gasteiger partial charge in [0.15, 0.2) is 0 Å². The summed E-state index contributed by atoms with van der Waals surface area (Å²) in [6, 6.07) is 11.0. The van der Waals surface area contributed by atoms with Crippen molar-refractivity contribution in [3.05, 3.63) is 35.9 Å². The Bertz CT molecular complexity index is 463. The van der Waals surface area contributed by atoms with E-state index in [0.717, 1.165) is 19.4 Å². The normalized spacial score (nSPS) is 27.1. The molecule has 2 fully saturated rings. The minimum atomic E-state index is -0.175. The Balaban J connectivity index is 1.75. The van der Waals surface area contributed by atoms with E-state index in [4.69, 9.17) is 4.74 Å². The predicted octanol–water partition coefficient (Wildman–Crippen LogP) is 2.84. The number of nitrogens with zero attached hydrogens (tertiary/aromatic N) is 2. The Labute approximate surface area is 120 Å². The van der Waals surface area contributed by atoms with Gasteiger partial charge in [-0.3, -0.25) is 0 Å². The quantitative estimate of drug-likeness (QED) is 0.846. The maximum atomic E-state index is 12.1. The van der Waals surface area contributed by atoms with Crippen LogP contribution in [0, 0.1) is 0 Å². The smallest absolute Gasteiger partial charge is 0.424 e. The zero-order valence-electron chi connectivity index (χ0n) is 12.0. The number of hydrazine groups is 1. The first-order valence-corrected chi connectivity index (χ1v) is 7.56. The van der Waals surface area contributed by atoms with Gasteiger partial charge in [-0.05, 0) is 31.2 Å². The van der Waals surface area contributed by atoms with E-state index in [1.165, 1.54) is 18.4 Å². The highest BCUT2D eigenvalue weighted by Gasteiger charge is 2.41. The largest absolute Gasteiger partial charge is 0.446 e. The van der Waals surface area contributed by atoms with Crippen LogP contribution in [0.2, 0.25) is 0 Å². The summed E-state index contributed by atoms with van der Waals surface area (Å²) in [5, 5.41) is 4.12. The van der Waals surface area contributed by atoms with Gasteiger partial charge < -0.3 is 4.74 Å². The van der Waals surface area contributed by atoms with Crippen molar-refractivity contribution < 1.29 is 9.53 Å². The summed E-state index contributed by atoms with van der Waals surface area (Å²) >= 11 is 0. The Morgan fingerprint density at radius 2 is 2.05 bits per heavy atom. The lowest BCUT2D eigenvalue weighted by molar-refractivity contribution is -0.0139. The van der Waals surface area contributed by atoms with Gasteiger partial charge in [0.1, 0.15) is 6.61 Å². The molecule has 2 heterocycles. The second-order valence-electron chi connectivity index (χ2n) is 5.63. The van der Waals surface area contributed by atoms with Crippen LogP contribution in [0.1, 0.15) is 31.7 Å². The van der Waals surface area contributed by atoms with Crippen LogP contribution in [0.5, 0.6) is 0 Å². The maximum Gasteiger partial charge on any atom is 0.424 e. The van der Waals surface area contributed by atoms with Crippen molar-refractivity contribution in [2.24, 2.45) is 0 Å². The van der Waals surface area contributed by atoms with Gasteiger partial charge in [-0.2, -0.15) is 0 Å². The van der Waals surface area contributed by atoms with E-state index in [1.54, 1.807) is 0 Å². The Morgan fingerprint density at radius 1 is 1.25 bits per heavy atom. The molecule has 2 saturated heterocycles. The highest BCUT2D eigenvalue weighted by Crippen LogP contribution is 2.28. The van der Waals surface area contributed by atoms with E-state index < -0.39 is 0 Å². The molecule has 0 radical (unpaired) electrons. The Morgan fingerprint density at radius 3 is 2.80 bits per heavy atom. The van der Waals surface area contributed by atoms with Crippen LogP contribution >= 0.6 is 0 Å². The maximum absolute atomic E-state index is 12.1. The number of carbonyl (C=O) groups is 1. The number of amides is 1. The highest BCUT2D eigenvalue weighted by molar-refractivity contribution is 5.69. The summed E-state index contributed by atoms with van der Waals surface area (Å²) in [4.78, 5) is 12.1. The van der Waals surface area contributed by atoms with Gasteiger partial charge in [-0.25, -0.2) is 14.8 Å². The molecule has 1 aromatic carbocycles. The molecule has 108 valence electrons. The third kappa shape index (κ3) is 2.52. The van der Waals surface area contributed by atoms with E-state index in [9.17, 15) is 4.79 Å². The van der Waals surface area contributed by atoms with Crippen molar-refractivity contribution in [3.8, 4) is 0 Å². The molecule has 1 amide bonds. The fourth-order valence-electron chi connectivity index (χ4n) is 3.32. The number of benzene rings is 1. The molecule has 1 aromatic rings. The molecule has 4 nitrogen and oxygen atoms in total. The minimum Gasteiger partial charge on any atom is -0.446 e. The fourth-order valence-corrected chi connectivity index (χ4v) is 3.32. The molecule has 0 saturated carbocycles. The first-order chi connectivity index (χ1) is 9.79.